The number of hydrogen-bond donors (Lipinski definition) is 1. The Kier molecular flexibility index (Phi) is 7.42. The summed E-state index contributed by atoms with van der Waals surface area (Å²) in [5, 5.41) is 10.6. The Balaban J connectivity index is 1.75. The summed E-state index contributed by atoms with van der Waals surface area (Å²) in [7, 11) is 1.70. The van der Waals surface area contributed by atoms with E-state index in [9.17, 15) is 9.90 Å². The summed E-state index contributed by atoms with van der Waals surface area (Å²) >= 11 is 0. The molecule has 0 bridgehead atoms. The zero-order chi connectivity index (χ0) is 20.7. The maximum atomic E-state index is 13.0. The molecule has 5 heteroatoms. The van der Waals surface area contributed by atoms with E-state index in [4.69, 9.17) is 4.74 Å². The molecular weight excluding hydrogens is 364 g/mol. The summed E-state index contributed by atoms with van der Waals surface area (Å²) in [5.41, 5.74) is 1.50. The molecule has 2 aromatic rings. The van der Waals surface area contributed by atoms with Crippen LogP contribution < -0.4 is 4.90 Å². The molecule has 1 saturated heterocycles. The van der Waals surface area contributed by atoms with Gasteiger partial charge in [0.15, 0.2) is 0 Å². The Labute approximate surface area is 173 Å². The average molecular weight is 397 g/mol. The van der Waals surface area contributed by atoms with Crippen molar-refractivity contribution < 1.29 is 14.6 Å². The number of methoxy groups -OCH3 is 1. The molecule has 1 heterocycles. The van der Waals surface area contributed by atoms with Crippen LogP contribution in [0.1, 0.15) is 37.9 Å². The second kappa shape index (κ2) is 10.0. The topological polar surface area (TPSA) is 53.0 Å². The van der Waals surface area contributed by atoms with E-state index in [1.54, 1.807) is 7.11 Å². The Morgan fingerprint density at radius 2 is 1.69 bits per heavy atom. The fourth-order valence-electron chi connectivity index (χ4n) is 4.30. The molecule has 0 saturated carbocycles. The highest BCUT2D eigenvalue weighted by Gasteiger charge is 2.43. The van der Waals surface area contributed by atoms with Gasteiger partial charge < -0.3 is 19.6 Å². The fraction of sp³-hybridized carbons (Fsp3) is 0.458. The number of nitrogens with zero attached hydrogens (tertiary/aromatic N) is 2. The lowest BCUT2D eigenvalue weighted by atomic mass is 9.85. The van der Waals surface area contributed by atoms with E-state index in [-0.39, 0.29) is 11.4 Å². The normalized spacial score (nSPS) is 17.6. The molecule has 2 aromatic carbocycles. The second-order valence-corrected chi connectivity index (χ2v) is 7.80. The van der Waals surface area contributed by atoms with E-state index in [1.165, 1.54) is 0 Å². The van der Waals surface area contributed by atoms with Gasteiger partial charge in [0.2, 0.25) is 5.91 Å². The minimum atomic E-state index is -0.506. The number of hydrogen-bond acceptors (Lipinski definition) is 4. The molecule has 0 radical (unpaired) electrons. The molecule has 1 N–H and O–H groups in total. The number of rotatable bonds is 8. The van der Waals surface area contributed by atoms with Crippen molar-refractivity contribution in [2.45, 2.75) is 37.8 Å². The molecule has 1 unspecified atom stereocenters. The van der Waals surface area contributed by atoms with Gasteiger partial charge >= 0.3 is 0 Å². The molecule has 29 heavy (non-hydrogen) atoms. The van der Waals surface area contributed by atoms with Gasteiger partial charge in [-0.1, -0.05) is 55.5 Å². The van der Waals surface area contributed by atoms with Gasteiger partial charge in [0.1, 0.15) is 0 Å². The first kappa shape index (κ1) is 21.5. The number of aliphatic hydroxyl groups is 1. The van der Waals surface area contributed by atoms with E-state index < -0.39 is 6.10 Å². The minimum absolute atomic E-state index is 0.117. The lowest BCUT2D eigenvalue weighted by molar-refractivity contribution is -0.120. The zero-order valence-corrected chi connectivity index (χ0v) is 17.5. The minimum Gasteiger partial charge on any atom is -0.387 e. The van der Waals surface area contributed by atoms with E-state index in [1.807, 2.05) is 72.5 Å². The molecule has 1 atom stereocenters. The largest absolute Gasteiger partial charge is 0.387 e. The van der Waals surface area contributed by atoms with Gasteiger partial charge in [-0.25, -0.2) is 0 Å². The highest BCUT2D eigenvalue weighted by atomic mass is 16.5. The lowest BCUT2D eigenvalue weighted by Crippen LogP contribution is -2.60. The highest BCUT2D eigenvalue weighted by Crippen LogP contribution is 2.35. The van der Waals surface area contributed by atoms with Gasteiger partial charge in [-0.3, -0.25) is 4.79 Å². The molecule has 0 spiro atoms. The summed E-state index contributed by atoms with van der Waals surface area (Å²) in [5.74, 6) is 0.117. The summed E-state index contributed by atoms with van der Waals surface area (Å²) in [6.45, 7) is 4.63. The molecule has 3 rings (SSSR count). The van der Waals surface area contributed by atoms with E-state index in [0.717, 1.165) is 37.2 Å². The number of β-amino-alcohol motifs (C(OH)–C–C–N with tert-alkyl or cyclic N) is 1. The quantitative estimate of drug-likeness (QED) is 0.740. The van der Waals surface area contributed by atoms with Crippen LogP contribution in [0.2, 0.25) is 0 Å². The van der Waals surface area contributed by atoms with Crippen LogP contribution in [-0.4, -0.2) is 54.8 Å². The molecule has 1 fully saturated rings. The van der Waals surface area contributed by atoms with Gasteiger partial charge in [0.25, 0.3) is 0 Å². The van der Waals surface area contributed by atoms with Gasteiger partial charge in [0.05, 0.1) is 18.2 Å². The van der Waals surface area contributed by atoms with Crippen LogP contribution in [-0.2, 0) is 9.53 Å². The number of carbonyl (C=O) groups excluding carboxylic acids is 1. The Bertz CT molecular complexity index is 758. The zero-order valence-electron chi connectivity index (χ0n) is 17.5. The molecular formula is C24H32N2O3. The van der Waals surface area contributed by atoms with Gasteiger partial charge in [-0.15, -0.1) is 0 Å². The van der Waals surface area contributed by atoms with Crippen molar-refractivity contribution in [3.63, 3.8) is 0 Å². The molecule has 156 valence electrons. The van der Waals surface area contributed by atoms with Crippen molar-refractivity contribution >= 4 is 11.6 Å². The number of benzene rings is 2. The predicted octanol–water partition coefficient (Wildman–Crippen LogP) is 3.64. The van der Waals surface area contributed by atoms with Crippen LogP contribution in [0, 0.1) is 0 Å². The van der Waals surface area contributed by atoms with Crippen molar-refractivity contribution in [1.29, 1.82) is 0 Å². The van der Waals surface area contributed by atoms with Crippen molar-refractivity contribution in [1.82, 2.24) is 4.90 Å². The Morgan fingerprint density at radius 3 is 2.24 bits per heavy atom. The number of para-hydroxylation sites is 1. The number of aliphatic hydroxyl groups excluding tert-OH is 1. The summed E-state index contributed by atoms with van der Waals surface area (Å²) < 4.78 is 5.61. The summed E-state index contributed by atoms with van der Waals surface area (Å²) in [4.78, 5) is 17.2. The number of ether oxygens (including phenoxy) is 1. The first-order valence-corrected chi connectivity index (χ1v) is 10.4. The standard InChI is InChI=1S/C24H32N2O3/c1-3-23(28)26(21-12-8-5-9-13-21)24(19-29-2)14-16-25(17-15-24)18-22(27)20-10-6-4-7-11-20/h4-13,22,27H,3,14-19H2,1-2H3. The number of likely N-dealkylation sites (tertiary alicyclic amines) is 1. The second-order valence-electron chi connectivity index (χ2n) is 7.80. The highest BCUT2D eigenvalue weighted by molar-refractivity contribution is 5.94. The third-order valence-electron chi connectivity index (χ3n) is 5.86. The van der Waals surface area contributed by atoms with Crippen LogP contribution >= 0.6 is 0 Å². The van der Waals surface area contributed by atoms with Crippen LogP contribution in [0.15, 0.2) is 60.7 Å². The number of carbonyl (C=O) groups is 1. The maximum Gasteiger partial charge on any atom is 0.227 e. The molecule has 5 nitrogen and oxygen atoms in total. The monoisotopic (exact) mass is 396 g/mol. The van der Waals surface area contributed by atoms with E-state index in [2.05, 4.69) is 4.90 Å². The summed E-state index contributed by atoms with van der Waals surface area (Å²) in [6.07, 6.45) is 1.57. The van der Waals surface area contributed by atoms with Crippen LogP contribution in [0.25, 0.3) is 0 Å². The van der Waals surface area contributed by atoms with Crippen LogP contribution in [0.5, 0.6) is 0 Å². The lowest BCUT2D eigenvalue weighted by Gasteiger charge is -2.48. The molecule has 1 aliphatic rings. The van der Waals surface area contributed by atoms with Gasteiger partial charge in [-0.05, 0) is 30.5 Å². The van der Waals surface area contributed by atoms with Crippen molar-refractivity contribution in [3.8, 4) is 0 Å². The van der Waals surface area contributed by atoms with Crippen molar-refractivity contribution in [3.05, 3.63) is 66.2 Å². The number of amides is 1. The smallest absolute Gasteiger partial charge is 0.227 e. The van der Waals surface area contributed by atoms with Gasteiger partial charge in [0, 0.05) is 38.9 Å². The van der Waals surface area contributed by atoms with Crippen LogP contribution in [0.4, 0.5) is 5.69 Å². The molecule has 0 aliphatic carbocycles. The fourth-order valence-corrected chi connectivity index (χ4v) is 4.30. The predicted molar refractivity (Wildman–Crippen MR) is 116 cm³/mol. The first-order valence-electron chi connectivity index (χ1n) is 10.4. The number of piperidine rings is 1. The Hall–Kier alpha value is -2.21. The average Bonchev–Trinajstić information content (AvgIpc) is 2.77. The maximum absolute atomic E-state index is 13.0. The van der Waals surface area contributed by atoms with Crippen molar-refractivity contribution in [2.75, 3.05) is 38.3 Å². The van der Waals surface area contributed by atoms with Gasteiger partial charge in [-0.2, -0.15) is 0 Å². The third kappa shape index (κ3) is 5.04. The Morgan fingerprint density at radius 1 is 1.10 bits per heavy atom. The first-order chi connectivity index (χ1) is 14.1. The van der Waals surface area contributed by atoms with Crippen molar-refractivity contribution in [2.24, 2.45) is 0 Å². The molecule has 0 aromatic heterocycles. The van der Waals surface area contributed by atoms with E-state index in [0.29, 0.717) is 19.6 Å². The molecule has 1 aliphatic heterocycles. The third-order valence-corrected chi connectivity index (χ3v) is 5.86. The van der Waals surface area contributed by atoms with Crippen LogP contribution in [0.3, 0.4) is 0 Å². The SMILES string of the molecule is CCC(=O)N(c1ccccc1)C1(COC)CCN(CC(O)c2ccccc2)CC1. The summed E-state index contributed by atoms with van der Waals surface area (Å²) in [6, 6.07) is 19.7. The molecule has 1 amide bonds. The number of anilines is 1. The van der Waals surface area contributed by atoms with E-state index >= 15 is 0 Å².